The Bertz CT molecular complexity index is 733. The molecule has 0 spiro atoms. The fourth-order valence-corrected chi connectivity index (χ4v) is 3.53. The van der Waals surface area contributed by atoms with Crippen molar-refractivity contribution in [3.8, 4) is 0 Å². The molecule has 0 aliphatic heterocycles. The van der Waals surface area contributed by atoms with Gasteiger partial charge in [0.15, 0.2) is 0 Å². The number of rotatable bonds is 7. The molecule has 2 aromatic heterocycles. The molecule has 114 valence electrons. The van der Waals surface area contributed by atoms with Gasteiger partial charge in [0.1, 0.15) is 4.90 Å². The minimum absolute atomic E-state index is 0.0297. The SMILES string of the molecule is Cc1ccsc1CNS(=O)(=O)c1cnn(CCC(=O)O)c1. The summed E-state index contributed by atoms with van der Waals surface area (Å²) in [4.78, 5) is 11.5. The Labute approximate surface area is 126 Å². The summed E-state index contributed by atoms with van der Waals surface area (Å²) in [6, 6.07) is 1.93. The van der Waals surface area contributed by atoms with Crippen molar-refractivity contribution in [2.45, 2.75) is 31.3 Å². The number of nitrogens with one attached hydrogen (secondary N) is 1. The molecule has 7 nitrogen and oxygen atoms in total. The van der Waals surface area contributed by atoms with E-state index in [4.69, 9.17) is 5.11 Å². The first-order valence-corrected chi connectivity index (χ1v) is 8.51. The van der Waals surface area contributed by atoms with Gasteiger partial charge in [-0.05, 0) is 23.9 Å². The molecule has 0 bridgehead atoms. The molecule has 0 unspecified atom stereocenters. The van der Waals surface area contributed by atoms with E-state index in [0.29, 0.717) is 0 Å². The van der Waals surface area contributed by atoms with Crippen LogP contribution in [0.5, 0.6) is 0 Å². The number of hydrogen-bond acceptors (Lipinski definition) is 5. The second kappa shape index (κ2) is 6.37. The Hall–Kier alpha value is -1.71. The van der Waals surface area contributed by atoms with Gasteiger partial charge in [0.25, 0.3) is 0 Å². The zero-order valence-electron chi connectivity index (χ0n) is 11.3. The number of nitrogens with zero attached hydrogens (tertiary/aromatic N) is 2. The summed E-state index contributed by atoms with van der Waals surface area (Å²) in [7, 11) is -3.64. The lowest BCUT2D eigenvalue weighted by molar-refractivity contribution is -0.137. The minimum atomic E-state index is -3.64. The monoisotopic (exact) mass is 329 g/mol. The molecular weight excluding hydrogens is 314 g/mol. The van der Waals surface area contributed by atoms with Crippen molar-refractivity contribution in [1.29, 1.82) is 0 Å². The first kappa shape index (κ1) is 15.7. The molecule has 0 radical (unpaired) electrons. The highest BCUT2D eigenvalue weighted by molar-refractivity contribution is 7.89. The lowest BCUT2D eigenvalue weighted by atomic mass is 10.3. The molecule has 0 amide bonds. The molecule has 0 aromatic carbocycles. The number of aryl methyl sites for hydroxylation is 2. The first-order chi connectivity index (χ1) is 9.88. The summed E-state index contributed by atoms with van der Waals surface area (Å²) in [5, 5.41) is 14.3. The molecular formula is C12H15N3O4S2. The Morgan fingerprint density at radius 2 is 2.29 bits per heavy atom. The number of hydrogen-bond donors (Lipinski definition) is 2. The summed E-state index contributed by atoms with van der Waals surface area (Å²) >= 11 is 1.49. The standard InChI is InChI=1S/C12H15N3O4S2/c1-9-3-5-20-11(9)7-14-21(18,19)10-6-13-15(8-10)4-2-12(16)17/h3,5-6,8,14H,2,4,7H2,1H3,(H,16,17). The minimum Gasteiger partial charge on any atom is -0.481 e. The van der Waals surface area contributed by atoms with Gasteiger partial charge in [-0.2, -0.15) is 5.10 Å². The van der Waals surface area contributed by atoms with E-state index in [1.165, 1.54) is 28.4 Å². The Balaban J connectivity index is 2.02. The van der Waals surface area contributed by atoms with E-state index in [9.17, 15) is 13.2 Å². The van der Waals surface area contributed by atoms with Crippen LogP contribution in [0.25, 0.3) is 0 Å². The number of carbonyl (C=O) groups is 1. The van der Waals surface area contributed by atoms with Crippen LogP contribution in [-0.4, -0.2) is 29.3 Å². The third-order valence-electron chi connectivity index (χ3n) is 2.87. The lowest BCUT2D eigenvalue weighted by Gasteiger charge is -2.04. The maximum atomic E-state index is 12.1. The van der Waals surface area contributed by atoms with Crippen molar-refractivity contribution in [1.82, 2.24) is 14.5 Å². The van der Waals surface area contributed by atoms with Crippen LogP contribution < -0.4 is 4.72 Å². The van der Waals surface area contributed by atoms with Crippen LogP contribution in [-0.2, 0) is 27.9 Å². The van der Waals surface area contributed by atoms with Gasteiger partial charge in [0.05, 0.1) is 19.2 Å². The predicted octanol–water partition coefficient (Wildman–Crippen LogP) is 1.21. The topological polar surface area (TPSA) is 101 Å². The molecule has 0 atom stereocenters. The molecule has 0 aliphatic rings. The Morgan fingerprint density at radius 3 is 2.90 bits per heavy atom. The van der Waals surface area contributed by atoms with Gasteiger partial charge in [-0.15, -0.1) is 11.3 Å². The molecule has 2 aromatic rings. The van der Waals surface area contributed by atoms with Crippen molar-refractivity contribution in [3.05, 3.63) is 34.3 Å². The highest BCUT2D eigenvalue weighted by atomic mass is 32.2. The quantitative estimate of drug-likeness (QED) is 0.795. The smallest absolute Gasteiger partial charge is 0.305 e. The average molecular weight is 329 g/mol. The summed E-state index contributed by atoms with van der Waals surface area (Å²) in [6.45, 7) is 2.28. The van der Waals surface area contributed by atoms with E-state index < -0.39 is 16.0 Å². The van der Waals surface area contributed by atoms with Gasteiger partial charge in [-0.3, -0.25) is 9.48 Å². The van der Waals surface area contributed by atoms with Gasteiger partial charge in [0, 0.05) is 17.6 Å². The number of sulfonamides is 1. The van der Waals surface area contributed by atoms with Crippen molar-refractivity contribution < 1.29 is 18.3 Å². The van der Waals surface area contributed by atoms with Gasteiger partial charge in [-0.25, -0.2) is 13.1 Å². The molecule has 0 saturated heterocycles. The molecule has 2 N–H and O–H groups in total. The van der Waals surface area contributed by atoms with E-state index in [1.807, 2.05) is 18.4 Å². The number of aromatic nitrogens is 2. The van der Waals surface area contributed by atoms with Crippen molar-refractivity contribution >= 4 is 27.3 Å². The van der Waals surface area contributed by atoms with Crippen LogP contribution in [0.1, 0.15) is 16.9 Å². The fourth-order valence-electron chi connectivity index (χ4n) is 1.64. The maximum Gasteiger partial charge on any atom is 0.305 e. The van der Waals surface area contributed by atoms with Crippen LogP contribution in [0, 0.1) is 6.92 Å². The lowest BCUT2D eigenvalue weighted by Crippen LogP contribution is -2.22. The molecule has 2 rings (SSSR count). The predicted molar refractivity (Wildman–Crippen MR) is 77.6 cm³/mol. The normalized spacial score (nSPS) is 11.7. The largest absolute Gasteiger partial charge is 0.481 e. The summed E-state index contributed by atoms with van der Waals surface area (Å²) < 4.78 is 28.0. The zero-order valence-corrected chi connectivity index (χ0v) is 12.9. The van der Waals surface area contributed by atoms with Gasteiger partial charge in [-0.1, -0.05) is 0 Å². The van der Waals surface area contributed by atoms with Crippen molar-refractivity contribution in [3.63, 3.8) is 0 Å². The molecule has 21 heavy (non-hydrogen) atoms. The molecule has 0 fully saturated rings. The maximum absolute atomic E-state index is 12.1. The van der Waals surface area contributed by atoms with Gasteiger partial charge in [0.2, 0.25) is 10.0 Å². The average Bonchev–Trinajstić information content (AvgIpc) is 3.03. The highest BCUT2D eigenvalue weighted by Crippen LogP contribution is 2.16. The number of carboxylic acid groups (broad SMARTS) is 1. The van der Waals surface area contributed by atoms with Crippen LogP contribution >= 0.6 is 11.3 Å². The third-order valence-corrected chi connectivity index (χ3v) is 5.24. The van der Waals surface area contributed by atoms with Crippen molar-refractivity contribution in [2.24, 2.45) is 0 Å². The number of carboxylic acids is 1. The Morgan fingerprint density at radius 1 is 1.52 bits per heavy atom. The van der Waals surface area contributed by atoms with Crippen LogP contribution in [0.4, 0.5) is 0 Å². The zero-order chi connectivity index (χ0) is 15.5. The van der Waals surface area contributed by atoms with Gasteiger partial charge < -0.3 is 5.11 Å². The van der Waals surface area contributed by atoms with E-state index in [-0.39, 0.29) is 24.4 Å². The molecule has 0 saturated carbocycles. The van der Waals surface area contributed by atoms with Crippen LogP contribution in [0.2, 0.25) is 0 Å². The molecule has 0 aliphatic carbocycles. The Kier molecular flexibility index (Phi) is 4.76. The molecule has 9 heteroatoms. The van der Waals surface area contributed by atoms with E-state index in [1.54, 1.807) is 0 Å². The van der Waals surface area contributed by atoms with E-state index in [2.05, 4.69) is 9.82 Å². The van der Waals surface area contributed by atoms with Crippen molar-refractivity contribution in [2.75, 3.05) is 0 Å². The third kappa shape index (κ3) is 4.13. The van der Waals surface area contributed by atoms with Gasteiger partial charge >= 0.3 is 5.97 Å². The summed E-state index contributed by atoms with van der Waals surface area (Å²) in [5.74, 6) is -0.957. The second-order valence-electron chi connectivity index (χ2n) is 4.43. The van der Waals surface area contributed by atoms with Crippen LogP contribution in [0.3, 0.4) is 0 Å². The van der Waals surface area contributed by atoms with E-state index >= 15 is 0 Å². The molecule has 2 heterocycles. The van der Waals surface area contributed by atoms with E-state index in [0.717, 1.165) is 10.4 Å². The fraction of sp³-hybridized carbons (Fsp3) is 0.333. The number of aliphatic carboxylic acids is 1. The highest BCUT2D eigenvalue weighted by Gasteiger charge is 2.17. The second-order valence-corrected chi connectivity index (χ2v) is 7.20. The number of thiophene rings is 1. The first-order valence-electron chi connectivity index (χ1n) is 6.15. The summed E-state index contributed by atoms with van der Waals surface area (Å²) in [6.07, 6.45) is 2.43. The summed E-state index contributed by atoms with van der Waals surface area (Å²) in [5.41, 5.74) is 1.04. The van der Waals surface area contributed by atoms with Crippen LogP contribution in [0.15, 0.2) is 28.7 Å².